The standard InChI is InChI=1S/C12H20O4/c1-2-3-4-5-6-7-8-10(12(15)16)9-11(13)14/h3-4,10H,2,5-9H2,1H3,(H,13,14)(H,15,16). The Morgan fingerprint density at radius 1 is 1.19 bits per heavy atom. The highest BCUT2D eigenvalue weighted by molar-refractivity contribution is 5.77. The molecule has 1 unspecified atom stereocenters. The van der Waals surface area contributed by atoms with E-state index in [2.05, 4.69) is 19.1 Å². The third-order valence-electron chi connectivity index (χ3n) is 2.35. The monoisotopic (exact) mass is 228 g/mol. The van der Waals surface area contributed by atoms with Crippen LogP contribution in [0.25, 0.3) is 0 Å². The summed E-state index contributed by atoms with van der Waals surface area (Å²) in [5, 5.41) is 17.3. The molecular formula is C12H20O4. The van der Waals surface area contributed by atoms with Crippen molar-refractivity contribution in [3.63, 3.8) is 0 Å². The first-order chi connectivity index (χ1) is 7.57. The summed E-state index contributed by atoms with van der Waals surface area (Å²) >= 11 is 0. The van der Waals surface area contributed by atoms with Gasteiger partial charge in [0.05, 0.1) is 12.3 Å². The Morgan fingerprint density at radius 2 is 1.88 bits per heavy atom. The summed E-state index contributed by atoms with van der Waals surface area (Å²) in [4.78, 5) is 21.1. The van der Waals surface area contributed by atoms with Crippen LogP contribution < -0.4 is 0 Å². The van der Waals surface area contributed by atoms with Gasteiger partial charge in [0.25, 0.3) is 0 Å². The normalized spacial score (nSPS) is 12.8. The van der Waals surface area contributed by atoms with Crippen molar-refractivity contribution in [2.24, 2.45) is 5.92 Å². The van der Waals surface area contributed by atoms with E-state index in [0.29, 0.717) is 6.42 Å². The van der Waals surface area contributed by atoms with Gasteiger partial charge in [-0.25, -0.2) is 0 Å². The van der Waals surface area contributed by atoms with E-state index in [1.54, 1.807) is 0 Å². The van der Waals surface area contributed by atoms with E-state index in [4.69, 9.17) is 10.2 Å². The third kappa shape index (κ3) is 8.03. The minimum atomic E-state index is -1.04. The molecule has 0 aliphatic rings. The first-order valence-electron chi connectivity index (χ1n) is 5.67. The van der Waals surface area contributed by atoms with Crippen molar-refractivity contribution in [3.05, 3.63) is 12.2 Å². The van der Waals surface area contributed by atoms with E-state index in [1.807, 2.05) is 0 Å². The average molecular weight is 228 g/mol. The Morgan fingerprint density at radius 3 is 2.38 bits per heavy atom. The van der Waals surface area contributed by atoms with E-state index in [0.717, 1.165) is 25.7 Å². The summed E-state index contributed by atoms with van der Waals surface area (Å²) in [6.07, 6.45) is 7.95. The lowest BCUT2D eigenvalue weighted by Crippen LogP contribution is -2.17. The fraction of sp³-hybridized carbons (Fsp3) is 0.667. The Labute approximate surface area is 96.0 Å². The minimum absolute atomic E-state index is 0.278. The van der Waals surface area contributed by atoms with Gasteiger partial charge in [-0.15, -0.1) is 0 Å². The average Bonchev–Trinajstić information content (AvgIpc) is 2.20. The molecule has 16 heavy (non-hydrogen) atoms. The second kappa shape index (κ2) is 8.95. The van der Waals surface area contributed by atoms with Gasteiger partial charge in [-0.2, -0.15) is 0 Å². The van der Waals surface area contributed by atoms with E-state index in [-0.39, 0.29) is 6.42 Å². The van der Waals surface area contributed by atoms with Gasteiger partial charge in [-0.3, -0.25) is 9.59 Å². The zero-order valence-electron chi connectivity index (χ0n) is 9.69. The SMILES string of the molecule is CCC=CCCCCC(CC(=O)O)C(=O)O. The molecule has 0 radical (unpaired) electrons. The summed E-state index contributed by atoms with van der Waals surface area (Å²) in [5.41, 5.74) is 0. The first-order valence-corrected chi connectivity index (χ1v) is 5.67. The molecule has 0 saturated heterocycles. The molecule has 0 fully saturated rings. The molecule has 0 aromatic heterocycles. The summed E-state index contributed by atoms with van der Waals surface area (Å²) in [6.45, 7) is 2.06. The molecule has 0 bridgehead atoms. The summed E-state index contributed by atoms with van der Waals surface area (Å²) in [5.74, 6) is -2.79. The second-order valence-electron chi connectivity index (χ2n) is 3.80. The molecule has 4 heteroatoms. The zero-order chi connectivity index (χ0) is 12.4. The first kappa shape index (κ1) is 14.7. The van der Waals surface area contributed by atoms with Crippen molar-refractivity contribution in [1.29, 1.82) is 0 Å². The van der Waals surface area contributed by atoms with E-state index in [9.17, 15) is 9.59 Å². The number of unbranched alkanes of at least 4 members (excludes halogenated alkanes) is 2. The van der Waals surface area contributed by atoms with Gasteiger partial charge in [0.15, 0.2) is 0 Å². The summed E-state index contributed by atoms with van der Waals surface area (Å²) < 4.78 is 0. The van der Waals surface area contributed by atoms with Gasteiger partial charge >= 0.3 is 11.9 Å². The molecule has 92 valence electrons. The Kier molecular flexibility index (Phi) is 8.21. The van der Waals surface area contributed by atoms with Gasteiger partial charge in [0, 0.05) is 0 Å². The van der Waals surface area contributed by atoms with Crippen LogP contribution in [-0.4, -0.2) is 22.2 Å². The maximum atomic E-state index is 10.7. The number of carbonyl (C=O) groups is 2. The van der Waals surface area contributed by atoms with Crippen molar-refractivity contribution < 1.29 is 19.8 Å². The van der Waals surface area contributed by atoms with Crippen LogP contribution in [0.4, 0.5) is 0 Å². The number of carboxylic acid groups (broad SMARTS) is 2. The summed E-state index contributed by atoms with van der Waals surface area (Å²) in [6, 6.07) is 0. The maximum absolute atomic E-state index is 10.7. The lowest BCUT2D eigenvalue weighted by atomic mass is 9.98. The van der Waals surface area contributed by atoms with Crippen molar-refractivity contribution in [2.75, 3.05) is 0 Å². The Balaban J connectivity index is 3.72. The van der Waals surface area contributed by atoms with Crippen molar-refractivity contribution in [1.82, 2.24) is 0 Å². The highest BCUT2D eigenvalue weighted by Gasteiger charge is 2.19. The van der Waals surface area contributed by atoms with Crippen LogP contribution in [0.3, 0.4) is 0 Å². The number of aliphatic carboxylic acids is 2. The van der Waals surface area contributed by atoms with Gasteiger partial charge in [-0.05, 0) is 25.7 Å². The molecule has 1 atom stereocenters. The number of hydrogen-bond acceptors (Lipinski definition) is 2. The molecule has 0 aromatic carbocycles. The van der Waals surface area contributed by atoms with Crippen LogP contribution in [0.5, 0.6) is 0 Å². The zero-order valence-corrected chi connectivity index (χ0v) is 9.69. The van der Waals surface area contributed by atoms with Gasteiger partial charge in [0.1, 0.15) is 0 Å². The second-order valence-corrected chi connectivity index (χ2v) is 3.80. The van der Waals surface area contributed by atoms with Crippen LogP contribution >= 0.6 is 0 Å². The molecule has 0 aliphatic heterocycles. The lowest BCUT2D eigenvalue weighted by Gasteiger charge is -2.08. The fourth-order valence-electron chi connectivity index (χ4n) is 1.46. The fourth-order valence-corrected chi connectivity index (χ4v) is 1.46. The van der Waals surface area contributed by atoms with Gasteiger partial charge in [0.2, 0.25) is 0 Å². The van der Waals surface area contributed by atoms with Crippen molar-refractivity contribution in [3.8, 4) is 0 Å². The highest BCUT2D eigenvalue weighted by atomic mass is 16.4. The molecule has 0 spiro atoms. The Bertz CT molecular complexity index is 245. The number of rotatable bonds is 9. The van der Waals surface area contributed by atoms with Crippen LogP contribution in [0.15, 0.2) is 12.2 Å². The predicted molar refractivity (Wildman–Crippen MR) is 61.3 cm³/mol. The molecule has 0 aromatic rings. The van der Waals surface area contributed by atoms with Crippen molar-refractivity contribution >= 4 is 11.9 Å². The molecule has 0 aliphatic carbocycles. The number of carboxylic acids is 2. The van der Waals surface area contributed by atoms with Crippen LogP contribution in [-0.2, 0) is 9.59 Å². The van der Waals surface area contributed by atoms with E-state index >= 15 is 0 Å². The van der Waals surface area contributed by atoms with Crippen LogP contribution in [0.2, 0.25) is 0 Å². The molecule has 2 N–H and O–H groups in total. The van der Waals surface area contributed by atoms with Crippen molar-refractivity contribution in [2.45, 2.75) is 45.4 Å². The van der Waals surface area contributed by atoms with E-state index < -0.39 is 17.9 Å². The smallest absolute Gasteiger partial charge is 0.307 e. The molecule has 4 nitrogen and oxygen atoms in total. The molecule has 0 rings (SSSR count). The largest absolute Gasteiger partial charge is 0.481 e. The van der Waals surface area contributed by atoms with Gasteiger partial charge in [-0.1, -0.05) is 25.5 Å². The van der Waals surface area contributed by atoms with Gasteiger partial charge < -0.3 is 10.2 Å². The maximum Gasteiger partial charge on any atom is 0.307 e. The lowest BCUT2D eigenvalue weighted by molar-refractivity contribution is -0.148. The summed E-state index contributed by atoms with van der Waals surface area (Å²) in [7, 11) is 0. The van der Waals surface area contributed by atoms with E-state index in [1.165, 1.54) is 0 Å². The predicted octanol–water partition coefficient (Wildman–Crippen LogP) is 2.69. The Hall–Kier alpha value is -1.32. The quantitative estimate of drug-likeness (QED) is 0.470. The molecule has 0 amide bonds. The molecule has 0 saturated carbocycles. The molecular weight excluding hydrogens is 208 g/mol. The molecule has 0 heterocycles. The third-order valence-corrected chi connectivity index (χ3v) is 2.35. The minimum Gasteiger partial charge on any atom is -0.481 e. The van der Waals surface area contributed by atoms with Crippen LogP contribution in [0, 0.1) is 5.92 Å². The number of hydrogen-bond donors (Lipinski definition) is 2. The topological polar surface area (TPSA) is 74.6 Å². The number of allylic oxidation sites excluding steroid dienone is 2. The highest BCUT2D eigenvalue weighted by Crippen LogP contribution is 2.14. The van der Waals surface area contributed by atoms with Crippen LogP contribution in [0.1, 0.15) is 45.4 Å².